The molecule has 2 aromatic rings. The zero-order valence-electron chi connectivity index (χ0n) is 11.8. The predicted molar refractivity (Wildman–Crippen MR) is 83.1 cm³/mol. The first-order valence-electron chi connectivity index (χ1n) is 6.89. The minimum absolute atomic E-state index is 0.155. The molecule has 0 spiro atoms. The summed E-state index contributed by atoms with van der Waals surface area (Å²) in [6, 6.07) is 10.2. The number of carbonyl (C=O) groups is 2. The van der Waals surface area contributed by atoms with Crippen LogP contribution in [0.4, 0.5) is 10.1 Å². The standard InChI is InChI=1S/C17H13ClFNO2/c1-10-7-16(21)14-9-13(19)5-6-15(14)20(10)17(22)11-3-2-4-12(18)8-11/h2-6,8-10H,7H2,1H3. The second kappa shape index (κ2) is 5.54. The van der Waals surface area contributed by atoms with Crippen molar-refractivity contribution < 1.29 is 14.0 Å². The maximum Gasteiger partial charge on any atom is 0.258 e. The number of rotatable bonds is 1. The highest BCUT2D eigenvalue weighted by Crippen LogP contribution is 2.32. The summed E-state index contributed by atoms with van der Waals surface area (Å²) in [5, 5.41) is 0.464. The minimum Gasteiger partial charge on any atom is -0.304 e. The Kier molecular flexibility index (Phi) is 3.71. The second-order valence-corrected chi connectivity index (χ2v) is 5.76. The lowest BCUT2D eigenvalue weighted by atomic mass is 9.94. The Balaban J connectivity index is 2.09. The van der Waals surface area contributed by atoms with E-state index in [9.17, 15) is 14.0 Å². The molecule has 0 fully saturated rings. The van der Waals surface area contributed by atoms with Gasteiger partial charge in [-0.2, -0.15) is 0 Å². The van der Waals surface area contributed by atoms with E-state index in [0.29, 0.717) is 16.3 Å². The van der Waals surface area contributed by atoms with Crippen LogP contribution in [-0.4, -0.2) is 17.7 Å². The summed E-state index contributed by atoms with van der Waals surface area (Å²) in [4.78, 5) is 26.4. The number of fused-ring (bicyclic) bond motifs is 1. The van der Waals surface area contributed by atoms with Crippen LogP contribution in [-0.2, 0) is 0 Å². The molecular weight excluding hydrogens is 305 g/mol. The molecule has 0 saturated heterocycles. The van der Waals surface area contributed by atoms with Crippen LogP contribution >= 0.6 is 11.6 Å². The molecule has 0 radical (unpaired) electrons. The topological polar surface area (TPSA) is 37.4 Å². The number of hydrogen-bond donors (Lipinski definition) is 0. The Morgan fingerprint density at radius 1 is 1.27 bits per heavy atom. The van der Waals surface area contributed by atoms with Crippen LogP contribution in [0.15, 0.2) is 42.5 Å². The number of carbonyl (C=O) groups excluding carboxylic acids is 2. The molecule has 1 amide bonds. The van der Waals surface area contributed by atoms with Crippen molar-refractivity contribution in [1.82, 2.24) is 0 Å². The van der Waals surface area contributed by atoms with Gasteiger partial charge in [-0.3, -0.25) is 9.59 Å². The van der Waals surface area contributed by atoms with Crippen molar-refractivity contribution in [2.24, 2.45) is 0 Å². The van der Waals surface area contributed by atoms with Crippen LogP contribution in [0.2, 0.25) is 5.02 Å². The summed E-state index contributed by atoms with van der Waals surface area (Å²) < 4.78 is 13.4. The highest BCUT2D eigenvalue weighted by molar-refractivity contribution is 6.31. The quantitative estimate of drug-likeness (QED) is 0.794. The fourth-order valence-electron chi connectivity index (χ4n) is 2.72. The first-order valence-corrected chi connectivity index (χ1v) is 7.27. The average Bonchev–Trinajstić information content (AvgIpc) is 2.47. The van der Waals surface area contributed by atoms with Crippen molar-refractivity contribution in [1.29, 1.82) is 0 Å². The van der Waals surface area contributed by atoms with Gasteiger partial charge < -0.3 is 4.90 Å². The minimum atomic E-state index is -0.489. The van der Waals surface area contributed by atoms with E-state index in [1.807, 2.05) is 0 Å². The molecule has 0 saturated carbocycles. The van der Waals surface area contributed by atoms with Crippen molar-refractivity contribution in [2.75, 3.05) is 4.90 Å². The molecule has 3 rings (SSSR count). The zero-order chi connectivity index (χ0) is 15.9. The van der Waals surface area contributed by atoms with Gasteiger partial charge in [-0.25, -0.2) is 4.39 Å². The fraction of sp³-hybridized carbons (Fsp3) is 0.176. The van der Waals surface area contributed by atoms with E-state index in [1.54, 1.807) is 31.2 Å². The highest BCUT2D eigenvalue weighted by Gasteiger charge is 2.33. The van der Waals surface area contributed by atoms with Gasteiger partial charge in [-0.05, 0) is 43.3 Å². The summed E-state index contributed by atoms with van der Waals surface area (Å²) in [5.41, 5.74) is 1.12. The lowest BCUT2D eigenvalue weighted by molar-refractivity contribution is 0.0936. The lowest BCUT2D eigenvalue weighted by Crippen LogP contribution is -2.44. The predicted octanol–water partition coefficient (Wildman–Crippen LogP) is 4.10. The molecule has 1 unspecified atom stereocenters. The van der Waals surface area contributed by atoms with Gasteiger partial charge in [0.1, 0.15) is 5.82 Å². The molecule has 112 valence electrons. The van der Waals surface area contributed by atoms with Crippen LogP contribution in [0.5, 0.6) is 0 Å². The van der Waals surface area contributed by atoms with E-state index in [1.165, 1.54) is 23.1 Å². The number of nitrogens with zero attached hydrogens (tertiary/aromatic N) is 1. The molecular formula is C17H13ClFNO2. The number of anilines is 1. The molecule has 0 aromatic heterocycles. The molecule has 3 nitrogen and oxygen atoms in total. The number of halogens is 2. The number of amides is 1. The van der Waals surface area contributed by atoms with E-state index < -0.39 is 5.82 Å². The van der Waals surface area contributed by atoms with E-state index in [-0.39, 0.29) is 29.7 Å². The summed E-state index contributed by atoms with van der Waals surface area (Å²) in [5.74, 6) is -0.899. The molecule has 22 heavy (non-hydrogen) atoms. The number of benzene rings is 2. The molecule has 1 heterocycles. The van der Waals surface area contributed by atoms with Gasteiger partial charge in [0.15, 0.2) is 5.78 Å². The van der Waals surface area contributed by atoms with Crippen LogP contribution in [0.3, 0.4) is 0 Å². The summed E-state index contributed by atoms with van der Waals surface area (Å²) >= 11 is 5.93. The Labute approximate surface area is 132 Å². The zero-order valence-corrected chi connectivity index (χ0v) is 12.6. The molecule has 1 atom stereocenters. The van der Waals surface area contributed by atoms with Gasteiger partial charge in [0.05, 0.1) is 5.69 Å². The van der Waals surface area contributed by atoms with E-state index in [2.05, 4.69) is 0 Å². The largest absolute Gasteiger partial charge is 0.304 e. The van der Waals surface area contributed by atoms with E-state index in [0.717, 1.165) is 0 Å². The Bertz CT molecular complexity index is 775. The van der Waals surface area contributed by atoms with Crippen molar-refractivity contribution in [2.45, 2.75) is 19.4 Å². The van der Waals surface area contributed by atoms with Gasteiger partial charge in [-0.1, -0.05) is 17.7 Å². The first-order chi connectivity index (χ1) is 10.5. The van der Waals surface area contributed by atoms with Gasteiger partial charge >= 0.3 is 0 Å². The monoisotopic (exact) mass is 317 g/mol. The Morgan fingerprint density at radius 3 is 2.77 bits per heavy atom. The fourth-order valence-corrected chi connectivity index (χ4v) is 2.91. The van der Waals surface area contributed by atoms with Gasteiger partial charge in [-0.15, -0.1) is 0 Å². The maximum atomic E-state index is 13.4. The Hall–Kier alpha value is -2.20. The van der Waals surface area contributed by atoms with Gasteiger partial charge in [0.25, 0.3) is 5.91 Å². The highest BCUT2D eigenvalue weighted by atomic mass is 35.5. The third kappa shape index (κ3) is 2.50. The SMILES string of the molecule is CC1CC(=O)c2cc(F)ccc2N1C(=O)c1cccc(Cl)c1. The molecule has 1 aliphatic heterocycles. The summed E-state index contributed by atoms with van der Waals surface area (Å²) in [6.45, 7) is 1.80. The van der Waals surface area contributed by atoms with Crippen molar-refractivity contribution in [3.63, 3.8) is 0 Å². The molecule has 5 heteroatoms. The van der Waals surface area contributed by atoms with Crippen LogP contribution in [0.1, 0.15) is 34.1 Å². The molecule has 0 bridgehead atoms. The normalized spacial score (nSPS) is 17.3. The van der Waals surface area contributed by atoms with Crippen molar-refractivity contribution in [3.05, 3.63) is 64.4 Å². The molecule has 0 aliphatic carbocycles. The van der Waals surface area contributed by atoms with Crippen molar-refractivity contribution in [3.8, 4) is 0 Å². The van der Waals surface area contributed by atoms with Crippen LogP contribution in [0.25, 0.3) is 0 Å². The number of hydrogen-bond acceptors (Lipinski definition) is 2. The van der Waals surface area contributed by atoms with Crippen molar-refractivity contribution >= 4 is 29.0 Å². The number of ketones is 1. The average molecular weight is 318 g/mol. The summed E-state index contributed by atoms with van der Waals surface area (Å²) in [6.07, 6.45) is 0.169. The lowest BCUT2D eigenvalue weighted by Gasteiger charge is -2.34. The smallest absolute Gasteiger partial charge is 0.258 e. The third-order valence-corrected chi connectivity index (χ3v) is 3.97. The molecule has 0 N–H and O–H groups in total. The number of Topliss-reactive ketones (excluding diaryl/α,β-unsaturated/α-hetero) is 1. The van der Waals surface area contributed by atoms with Crippen LogP contribution in [0, 0.1) is 5.82 Å². The van der Waals surface area contributed by atoms with Crippen LogP contribution < -0.4 is 4.90 Å². The van der Waals surface area contributed by atoms with Gasteiger partial charge in [0, 0.05) is 28.6 Å². The Morgan fingerprint density at radius 2 is 2.05 bits per heavy atom. The van der Waals surface area contributed by atoms with E-state index >= 15 is 0 Å². The third-order valence-electron chi connectivity index (χ3n) is 3.73. The maximum absolute atomic E-state index is 13.4. The molecule has 2 aromatic carbocycles. The van der Waals surface area contributed by atoms with E-state index in [4.69, 9.17) is 11.6 Å². The molecule has 1 aliphatic rings. The van der Waals surface area contributed by atoms with Gasteiger partial charge in [0.2, 0.25) is 0 Å². The summed E-state index contributed by atoms with van der Waals surface area (Å²) in [7, 11) is 0. The first kappa shape index (κ1) is 14.7. The second-order valence-electron chi connectivity index (χ2n) is 5.32.